The molecule has 5 rings (SSSR count). The second kappa shape index (κ2) is 9.40. The Kier molecular flexibility index (Phi) is 6.37. The number of carbonyl (C=O) groups excluding carboxylic acids is 1. The molecule has 1 fully saturated rings. The van der Waals surface area contributed by atoms with Gasteiger partial charge < -0.3 is 9.47 Å². The summed E-state index contributed by atoms with van der Waals surface area (Å²) in [5.41, 5.74) is 3.49. The highest BCUT2D eigenvalue weighted by Gasteiger charge is 2.23. The minimum atomic E-state index is 0.156. The fraction of sp³-hybridized carbons (Fsp3) is 0.480. The largest absolute Gasteiger partial charge is 0.339 e. The average molecular weight is 467 g/mol. The minimum absolute atomic E-state index is 0.156. The zero-order chi connectivity index (χ0) is 22.1. The van der Waals surface area contributed by atoms with Crippen molar-refractivity contribution in [3.8, 4) is 10.7 Å². The van der Waals surface area contributed by atoms with E-state index in [-0.39, 0.29) is 5.91 Å². The lowest BCUT2D eigenvalue weighted by molar-refractivity contribution is 0.0793. The number of nitrogens with zero attached hydrogens (tertiary/aromatic N) is 4. The Labute approximate surface area is 198 Å². The van der Waals surface area contributed by atoms with Crippen LogP contribution in [0.25, 0.3) is 10.7 Å². The summed E-state index contributed by atoms with van der Waals surface area (Å²) in [7, 11) is 2.06. The van der Waals surface area contributed by atoms with Crippen LogP contribution in [0.5, 0.6) is 0 Å². The summed E-state index contributed by atoms with van der Waals surface area (Å²) in [5.74, 6) is 2.76. The maximum Gasteiger partial charge on any atom is 0.253 e. The molecular weight excluding hydrogens is 436 g/mol. The molecule has 168 valence electrons. The second-order valence-electron chi connectivity index (χ2n) is 8.93. The van der Waals surface area contributed by atoms with E-state index in [0.29, 0.717) is 0 Å². The van der Waals surface area contributed by atoms with Crippen LogP contribution in [-0.4, -0.2) is 38.7 Å². The summed E-state index contributed by atoms with van der Waals surface area (Å²) in [4.78, 5) is 17.2. The number of rotatable bonds is 6. The van der Waals surface area contributed by atoms with Crippen LogP contribution >= 0.6 is 23.1 Å². The molecule has 1 atom stereocenters. The number of amides is 1. The quantitative estimate of drug-likeness (QED) is 0.445. The van der Waals surface area contributed by atoms with Gasteiger partial charge in [-0.1, -0.05) is 37.2 Å². The number of likely N-dealkylation sites (tertiary alicyclic amines) is 1. The molecular formula is C25H30N4OS2. The fourth-order valence-corrected chi connectivity index (χ4v) is 6.80. The van der Waals surface area contributed by atoms with Crippen LogP contribution in [0.15, 0.2) is 35.5 Å². The van der Waals surface area contributed by atoms with Crippen molar-refractivity contribution in [3.63, 3.8) is 0 Å². The van der Waals surface area contributed by atoms with E-state index in [4.69, 9.17) is 0 Å². The van der Waals surface area contributed by atoms with Gasteiger partial charge in [-0.05, 0) is 67.3 Å². The van der Waals surface area contributed by atoms with Crippen molar-refractivity contribution in [2.24, 2.45) is 13.0 Å². The number of aryl methyl sites for hydroxylation is 1. The van der Waals surface area contributed by atoms with Crippen molar-refractivity contribution < 1.29 is 4.79 Å². The highest BCUT2D eigenvalue weighted by atomic mass is 32.2. The lowest BCUT2D eigenvalue weighted by Crippen LogP contribution is -2.27. The van der Waals surface area contributed by atoms with Crippen molar-refractivity contribution in [1.29, 1.82) is 0 Å². The molecule has 2 aliphatic rings. The molecule has 3 heterocycles. The summed E-state index contributed by atoms with van der Waals surface area (Å²) >= 11 is 3.58. The third kappa shape index (κ3) is 4.37. The first-order valence-electron chi connectivity index (χ1n) is 11.6. The molecule has 1 unspecified atom stereocenters. The normalized spacial score (nSPS) is 18.2. The third-order valence-corrected chi connectivity index (χ3v) is 9.10. The van der Waals surface area contributed by atoms with Crippen molar-refractivity contribution in [2.75, 3.05) is 13.1 Å². The van der Waals surface area contributed by atoms with Gasteiger partial charge in [-0.15, -0.1) is 21.5 Å². The maximum absolute atomic E-state index is 12.5. The molecule has 2 aromatic heterocycles. The van der Waals surface area contributed by atoms with Gasteiger partial charge in [0.05, 0.1) is 4.88 Å². The van der Waals surface area contributed by atoms with Crippen molar-refractivity contribution in [3.05, 3.63) is 51.9 Å². The third-order valence-electron chi connectivity index (χ3n) is 6.78. The van der Waals surface area contributed by atoms with Gasteiger partial charge in [0.25, 0.3) is 5.91 Å². The predicted molar refractivity (Wildman–Crippen MR) is 131 cm³/mol. The number of carbonyl (C=O) groups is 1. The second-order valence-corrected chi connectivity index (χ2v) is 11.0. The van der Waals surface area contributed by atoms with Crippen LogP contribution in [0.4, 0.5) is 0 Å². The van der Waals surface area contributed by atoms with E-state index in [0.717, 1.165) is 54.1 Å². The molecule has 5 nitrogen and oxygen atoms in total. The van der Waals surface area contributed by atoms with Crippen LogP contribution in [0.3, 0.4) is 0 Å². The number of hydrogen-bond acceptors (Lipinski definition) is 5. The molecule has 0 N–H and O–H groups in total. The Hall–Kier alpha value is -2.12. The highest BCUT2D eigenvalue weighted by molar-refractivity contribution is 7.98. The van der Waals surface area contributed by atoms with Crippen LogP contribution in [-0.2, 0) is 25.6 Å². The van der Waals surface area contributed by atoms with Crippen LogP contribution < -0.4 is 0 Å². The number of thiophene rings is 1. The fourth-order valence-electron chi connectivity index (χ4n) is 4.71. The Morgan fingerprint density at radius 3 is 2.72 bits per heavy atom. The van der Waals surface area contributed by atoms with E-state index in [1.165, 1.54) is 46.6 Å². The van der Waals surface area contributed by atoms with Crippen molar-refractivity contribution in [1.82, 2.24) is 19.7 Å². The minimum Gasteiger partial charge on any atom is -0.339 e. The molecule has 3 aromatic rings. The SMILES string of the molecule is CCC1CCc2sc(-c3nnc(SCc4ccc(C(=O)N5CCCC5)cc4)n3C)cc2C1. The van der Waals surface area contributed by atoms with E-state index in [1.807, 2.05) is 28.4 Å². The topological polar surface area (TPSA) is 51.0 Å². The zero-order valence-electron chi connectivity index (χ0n) is 18.8. The van der Waals surface area contributed by atoms with Gasteiger partial charge in [-0.3, -0.25) is 4.79 Å². The summed E-state index contributed by atoms with van der Waals surface area (Å²) in [5, 5.41) is 9.91. The summed E-state index contributed by atoms with van der Waals surface area (Å²) < 4.78 is 2.12. The molecule has 0 saturated carbocycles. The Bertz CT molecular complexity index is 1100. The van der Waals surface area contributed by atoms with Crippen molar-refractivity contribution in [2.45, 2.75) is 56.4 Å². The Morgan fingerprint density at radius 1 is 1.19 bits per heavy atom. The first kappa shape index (κ1) is 21.7. The van der Waals surface area contributed by atoms with E-state index in [1.54, 1.807) is 11.8 Å². The molecule has 32 heavy (non-hydrogen) atoms. The van der Waals surface area contributed by atoms with Gasteiger partial charge in [0.1, 0.15) is 0 Å². The molecule has 1 aromatic carbocycles. The van der Waals surface area contributed by atoms with Gasteiger partial charge in [0, 0.05) is 36.3 Å². The molecule has 1 amide bonds. The highest BCUT2D eigenvalue weighted by Crippen LogP contribution is 2.38. The Balaban J connectivity index is 1.24. The number of hydrogen-bond donors (Lipinski definition) is 0. The van der Waals surface area contributed by atoms with Gasteiger partial charge in [0.15, 0.2) is 11.0 Å². The lowest BCUT2D eigenvalue weighted by Gasteiger charge is -2.19. The van der Waals surface area contributed by atoms with E-state index < -0.39 is 0 Å². The number of aromatic nitrogens is 3. The summed E-state index contributed by atoms with van der Waals surface area (Å²) in [6, 6.07) is 10.4. The molecule has 0 bridgehead atoms. The lowest BCUT2D eigenvalue weighted by atomic mass is 9.87. The molecule has 0 spiro atoms. The van der Waals surface area contributed by atoms with Gasteiger partial charge in [0.2, 0.25) is 0 Å². The number of benzene rings is 1. The zero-order valence-corrected chi connectivity index (χ0v) is 20.5. The van der Waals surface area contributed by atoms with Crippen molar-refractivity contribution >= 4 is 29.0 Å². The van der Waals surface area contributed by atoms with Gasteiger partial charge in [-0.2, -0.15) is 0 Å². The summed E-state index contributed by atoms with van der Waals surface area (Å²) in [6.07, 6.45) is 7.22. The molecule has 0 radical (unpaired) electrons. The Morgan fingerprint density at radius 2 is 1.97 bits per heavy atom. The first-order valence-corrected chi connectivity index (χ1v) is 13.4. The number of fused-ring (bicyclic) bond motifs is 1. The van der Waals surface area contributed by atoms with Crippen LogP contribution in [0, 0.1) is 5.92 Å². The van der Waals surface area contributed by atoms with Gasteiger partial charge in [-0.25, -0.2) is 0 Å². The smallest absolute Gasteiger partial charge is 0.253 e. The molecule has 1 aliphatic heterocycles. The first-order chi connectivity index (χ1) is 15.6. The monoisotopic (exact) mass is 466 g/mol. The van der Waals surface area contributed by atoms with Crippen LogP contribution in [0.1, 0.15) is 59.0 Å². The van der Waals surface area contributed by atoms with Crippen LogP contribution in [0.2, 0.25) is 0 Å². The standard InChI is InChI=1S/C25H30N4OS2/c1-3-17-8-11-21-20(14-17)15-22(32-21)23-26-27-25(28(23)2)31-16-18-6-9-19(10-7-18)24(30)29-12-4-5-13-29/h6-7,9-10,15,17H,3-5,8,11-14,16H2,1-2H3. The average Bonchev–Trinajstić information content (AvgIpc) is 3.57. The molecule has 7 heteroatoms. The van der Waals surface area contributed by atoms with E-state index in [9.17, 15) is 4.79 Å². The summed E-state index contributed by atoms with van der Waals surface area (Å²) in [6.45, 7) is 4.07. The van der Waals surface area contributed by atoms with E-state index >= 15 is 0 Å². The predicted octanol–water partition coefficient (Wildman–Crippen LogP) is 5.59. The maximum atomic E-state index is 12.5. The molecule has 1 aliphatic carbocycles. The molecule has 1 saturated heterocycles. The van der Waals surface area contributed by atoms with Gasteiger partial charge >= 0.3 is 0 Å². The number of thioether (sulfide) groups is 1. The van der Waals surface area contributed by atoms with E-state index in [2.05, 4.69) is 46.9 Å².